The van der Waals surface area contributed by atoms with Gasteiger partial charge in [-0.1, -0.05) is 22.0 Å². The largest absolute Gasteiger partial charge is 0.398 e. The maximum Gasteiger partial charge on any atom is 0.253 e. The molecule has 0 unspecified atom stereocenters. The van der Waals surface area contributed by atoms with Gasteiger partial charge in [0.2, 0.25) is 0 Å². The highest BCUT2D eigenvalue weighted by Crippen LogP contribution is 2.18. The molecule has 3 nitrogen and oxygen atoms in total. The van der Waals surface area contributed by atoms with Crippen LogP contribution in [0.15, 0.2) is 40.2 Å². The molecule has 1 heterocycles. The van der Waals surface area contributed by atoms with Gasteiger partial charge in [-0.25, -0.2) is 0 Å². The molecule has 2 aromatic rings. The van der Waals surface area contributed by atoms with Crippen LogP contribution < -0.4 is 11.1 Å². The van der Waals surface area contributed by atoms with Crippen LogP contribution in [-0.4, -0.2) is 12.5 Å². The van der Waals surface area contributed by atoms with Crippen LogP contribution in [0.5, 0.6) is 0 Å². The smallest absolute Gasteiger partial charge is 0.253 e. The van der Waals surface area contributed by atoms with Crippen molar-refractivity contribution in [3.8, 4) is 0 Å². The van der Waals surface area contributed by atoms with E-state index in [1.807, 2.05) is 17.5 Å². The van der Waals surface area contributed by atoms with Gasteiger partial charge in [-0.15, -0.1) is 11.3 Å². The molecule has 0 aliphatic heterocycles. The highest BCUT2D eigenvalue weighted by molar-refractivity contribution is 9.10. The van der Waals surface area contributed by atoms with E-state index in [4.69, 9.17) is 5.73 Å². The molecule has 18 heavy (non-hydrogen) atoms. The summed E-state index contributed by atoms with van der Waals surface area (Å²) in [5.74, 6) is -0.134. The number of nitrogens with one attached hydrogen (secondary N) is 1. The normalized spacial score (nSPS) is 10.3. The molecular formula is C13H13BrN2OS. The summed E-state index contributed by atoms with van der Waals surface area (Å²) in [6.45, 7) is 0.616. The minimum atomic E-state index is -0.134. The number of amides is 1. The van der Waals surface area contributed by atoms with Gasteiger partial charge in [-0.2, -0.15) is 0 Å². The Bertz CT molecular complexity index is 540. The lowest BCUT2D eigenvalue weighted by atomic mass is 10.1. The van der Waals surface area contributed by atoms with Gasteiger partial charge in [0.15, 0.2) is 0 Å². The van der Waals surface area contributed by atoms with Crippen molar-refractivity contribution in [2.45, 2.75) is 6.42 Å². The number of carbonyl (C=O) groups excluding carboxylic acids is 1. The zero-order chi connectivity index (χ0) is 13.0. The molecular weight excluding hydrogens is 312 g/mol. The number of benzene rings is 1. The Hall–Kier alpha value is -1.33. The van der Waals surface area contributed by atoms with Gasteiger partial charge in [0.1, 0.15) is 0 Å². The number of hydrogen-bond acceptors (Lipinski definition) is 3. The quantitative estimate of drug-likeness (QED) is 0.849. The van der Waals surface area contributed by atoms with Crippen molar-refractivity contribution in [1.82, 2.24) is 5.32 Å². The molecule has 0 fully saturated rings. The van der Waals surface area contributed by atoms with E-state index in [1.54, 1.807) is 23.5 Å². The van der Waals surface area contributed by atoms with Gasteiger partial charge in [-0.3, -0.25) is 4.79 Å². The molecule has 0 atom stereocenters. The fourth-order valence-electron chi connectivity index (χ4n) is 1.57. The van der Waals surface area contributed by atoms with Gasteiger partial charge >= 0.3 is 0 Å². The zero-order valence-corrected chi connectivity index (χ0v) is 12.1. The summed E-state index contributed by atoms with van der Waals surface area (Å²) in [6.07, 6.45) is 0.845. The van der Waals surface area contributed by atoms with E-state index in [2.05, 4.69) is 27.3 Å². The highest BCUT2D eigenvalue weighted by atomic mass is 79.9. The van der Waals surface area contributed by atoms with Gasteiger partial charge in [0.05, 0.1) is 5.56 Å². The van der Waals surface area contributed by atoms with Gasteiger partial charge in [0, 0.05) is 21.6 Å². The third-order valence-corrected chi connectivity index (χ3v) is 3.93. The third kappa shape index (κ3) is 3.34. The van der Waals surface area contributed by atoms with Crippen molar-refractivity contribution in [3.63, 3.8) is 0 Å². The first-order valence-corrected chi connectivity index (χ1v) is 7.19. The SMILES string of the molecule is Nc1ccc(Br)cc1C(=O)NCCc1cccs1. The number of thiophene rings is 1. The summed E-state index contributed by atoms with van der Waals surface area (Å²) in [5, 5.41) is 4.90. The van der Waals surface area contributed by atoms with E-state index in [0.29, 0.717) is 17.8 Å². The summed E-state index contributed by atoms with van der Waals surface area (Å²) in [7, 11) is 0. The number of rotatable bonds is 4. The van der Waals surface area contributed by atoms with Crippen molar-refractivity contribution >= 4 is 38.9 Å². The monoisotopic (exact) mass is 324 g/mol. The van der Waals surface area contributed by atoms with Crippen molar-refractivity contribution in [2.24, 2.45) is 0 Å². The van der Waals surface area contributed by atoms with E-state index >= 15 is 0 Å². The van der Waals surface area contributed by atoms with E-state index in [9.17, 15) is 4.79 Å². The van der Waals surface area contributed by atoms with Gasteiger partial charge in [-0.05, 0) is 36.1 Å². The van der Waals surface area contributed by atoms with E-state index in [1.165, 1.54) is 4.88 Å². The average Bonchev–Trinajstić information content (AvgIpc) is 2.85. The highest BCUT2D eigenvalue weighted by Gasteiger charge is 2.09. The molecule has 0 saturated carbocycles. The lowest BCUT2D eigenvalue weighted by Crippen LogP contribution is -2.26. The predicted octanol–water partition coefficient (Wildman–Crippen LogP) is 3.07. The second-order valence-electron chi connectivity index (χ2n) is 3.82. The topological polar surface area (TPSA) is 55.1 Å². The van der Waals surface area contributed by atoms with Crippen LogP contribution in [0.25, 0.3) is 0 Å². The van der Waals surface area contributed by atoms with Gasteiger partial charge < -0.3 is 11.1 Å². The van der Waals surface area contributed by atoms with Crippen LogP contribution in [0.2, 0.25) is 0 Å². The Morgan fingerprint density at radius 2 is 2.22 bits per heavy atom. The molecule has 0 aliphatic carbocycles. The standard InChI is InChI=1S/C13H13BrN2OS/c14-9-3-4-12(15)11(8-9)13(17)16-6-5-10-2-1-7-18-10/h1-4,7-8H,5-6,15H2,(H,16,17). The number of halogens is 1. The number of nitrogen functional groups attached to an aromatic ring is 1. The molecule has 3 N–H and O–H groups in total. The summed E-state index contributed by atoms with van der Waals surface area (Å²) < 4.78 is 0.847. The maximum atomic E-state index is 11.9. The van der Waals surface area contributed by atoms with Crippen molar-refractivity contribution in [2.75, 3.05) is 12.3 Å². The number of anilines is 1. The molecule has 0 aliphatic rings. The molecule has 1 aromatic carbocycles. The van der Waals surface area contributed by atoms with Crippen molar-refractivity contribution < 1.29 is 4.79 Å². The molecule has 0 saturated heterocycles. The van der Waals surface area contributed by atoms with Crippen molar-refractivity contribution in [3.05, 3.63) is 50.6 Å². The Kier molecular flexibility index (Phi) is 4.38. The van der Waals surface area contributed by atoms with Crippen LogP contribution >= 0.6 is 27.3 Å². The van der Waals surface area contributed by atoms with Crippen LogP contribution in [0.3, 0.4) is 0 Å². The first-order chi connectivity index (χ1) is 8.66. The number of nitrogens with two attached hydrogens (primary N) is 1. The molecule has 1 amide bonds. The Balaban J connectivity index is 1.93. The predicted molar refractivity (Wildman–Crippen MR) is 78.9 cm³/mol. The lowest BCUT2D eigenvalue weighted by molar-refractivity contribution is 0.0955. The Labute approximate surface area is 118 Å². The van der Waals surface area contributed by atoms with Crippen LogP contribution in [0, 0.1) is 0 Å². The maximum absolute atomic E-state index is 11.9. The summed E-state index contributed by atoms with van der Waals surface area (Å²) in [4.78, 5) is 13.2. The lowest BCUT2D eigenvalue weighted by Gasteiger charge is -2.07. The Morgan fingerprint density at radius 1 is 1.39 bits per heavy atom. The van der Waals surface area contributed by atoms with Gasteiger partial charge in [0.25, 0.3) is 5.91 Å². The van der Waals surface area contributed by atoms with Crippen LogP contribution in [0.4, 0.5) is 5.69 Å². The minimum Gasteiger partial charge on any atom is -0.398 e. The molecule has 0 spiro atoms. The summed E-state index contributed by atoms with van der Waals surface area (Å²) in [5.41, 5.74) is 6.78. The molecule has 1 aromatic heterocycles. The van der Waals surface area contributed by atoms with E-state index < -0.39 is 0 Å². The van der Waals surface area contributed by atoms with E-state index in [0.717, 1.165) is 10.9 Å². The zero-order valence-electron chi connectivity index (χ0n) is 9.65. The van der Waals surface area contributed by atoms with E-state index in [-0.39, 0.29) is 5.91 Å². The second-order valence-corrected chi connectivity index (χ2v) is 5.76. The first-order valence-electron chi connectivity index (χ1n) is 5.52. The molecule has 0 radical (unpaired) electrons. The molecule has 2 rings (SSSR count). The first kappa shape index (κ1) is 13.1. The van der Waals surface area contributed by atoms with Crippen LogP contribution in [0.1, 0.15) is 15.2 Å². The molecule has 5 heteroatoms. The summed E-state index contributed by atoms with van der Waals surface area (Å²) >= 11 is 5.02. The second kappa shape index (κ2) is 6.02. The average molecular weight is 325 g/mol. The fourth-order valence-corrected chi connectivity index (χ4v) is 2.64. The Morgan fingerprint density at radius 3 is 2.94 bits per heavy atom. The van der Waals surface area contributed by atoms with Crippen LogP contribution in [-0.2, 0) is 6.42 Å². The minimum absolute atomic E-state index is 0.134. The third-order valence-electron chi connectivity index (χ3n) is 2.50. The number of carbonyl (C=O) groups is 1. The molecule has 94 valence electrons. The van der Waals surface area contributed by atoms with Crippen molar-refractivity contribution in [1.29, 1.82) is 0 Å². The molecule has 0 bridgehead atoms. The summed E-state index contributed by atoms with van der Waals surface area (Å²) in [6, 6.07) is 9.34. The fraction of sp³-hybridized carbons (Fsp3) is 0.154. The number of hydrogen-bond donors (Lipinski definition) is 2.